The fourth-order valence-electron chi connectivity index (χ4n) is 2.45. The first-order valence-electron chi connectivity index (χ1n) is 7.95. The molecule has 1 aromatic heterocycles. The Morgan fingerprint density at radius 3 is 2.62 bits per heavy atom. The van der Waals surface area contributed by atoms with E-state index in [4.69, 9.17) is 0 Å². The summed E-state index contributed by atoms with van der Waals surface area (Å²) in [7, 11) is 0. The van der Waals surface area contributed by atoms with Crippen LogP contribution in [0.1, 0.15) is 51.8 Å². The van der Waals surface area contributed by atoms with E-state index in [1.807, 2.05) is 29.1 Å². The van der Waals surface area contributed by atoms with Crippen molar-refractivity contribution in [3.05, 3.63) is 42.2 Å². The lowest BCUT2D eigenvalue weighted by atomic mass is 9.97. The van der Waals surface area contributed by atoms with Crippen LogP contribution in [0, 0.1) is 5.92 Å². The fraction of sp³-hybridized carbons (Fsp3) is 0.529. The third-order valence-corrected chi connectivity index (χ3v) is 3.91. The molecule has 0 aliphatic carbocycles. The van der Waals surface area contributed by atoms with Crippen LogP contribution < -0.4 is 5.32 Å². The van der Waals surface area contributed by atoms with Crippen LogP contribution in [-0.4, -0.2) is 21.5 Å². The van der Waals surface area contributed by atoms with Gasteiger partial charge in [0.1, 0.15) is 0 Å². The summed E-state index contributed by atoms with van der Waals surface area (Å²) in [4.78, 5) is 0. The van der Waals surface area contributed by atoms with E-state index in [1.54, 1.807) is 0 Å². The maximum absolute atomic E-state index is 4.28. The van der Waals surface area contributed by atoms with Crippen LogP contribution in [-0.2, 0) is 0 Å². The molecule has 2 rings (SSSR count). The Kier molecular flexibility index (Phi) is 5.93. The standard InChI is InChI=1S/C17H26N4/c1-4-11-18-16(12-14(3)5-2)17-13-19-20-21(17)15-9-7-6-8-10-15/h6-10,13-14,16,18H,4-5,11-12H2,1-3H3. The average Bonchev–Trinajstić information content (AvgIpc) is 3.01. The first-order chi connectivity index (χ1) is 10.3. The molecule has 0 saturated carbocycles. The summed E-state index contributed by atoms with van der Waals surface area (Å²) in [6.45, 7) is 7.76. The second-order valence-electron chi connectivity index (χ2n) is 5.66. The van der Waals surface area contributed by atoms with Gasteiger partial charge in [-0.05, 0) is 37.4 Å². The van der Waals surface area contributed by atoms with Crippen LogP contribution in [0.15, 0.2) is 36.5 Å². The smallest absolute Gasteiger partial charge is 0.0815 e. The van der Waals surface area contributed by atoms with Gasteiger partial charge >= 0.3 is 0 Å². The van der Waals surface area contributed by atoms with Crippen LogP contribution in [0.3, 0.4) is 0 Å². The van der Waals surface area contributed by atoms with Gasteiger partial charge in [0.25, 0.3) is 0 Å². The maximum atomic E-state index is 4.28. The van der Waals surface area contributed by atoms with Gasteiger partial charge in [-0.2, -0.15) is 0 Å². The Labute approximate surface area is 127 Å². The summed E-state index contributed by atoms with van der Waals surface area (Å²) in [5, 5.41) is 12.1. The topological polar surface area (TPSA) is 42.7 Å². The summed E-state index contributed by atoms with van der Waals surface area (Å²) < 4.78 is 1.95. The van der Waals surface area contributed by atoms with Gasteiger partial charge in [-0.1, -0.05) is 50.6 Å². The van der Waals surface area contributed by atoms with Gasteiger partial charge < -0.3 is 5.32 Å². The number of nitrogens with one attached hydrogen (secondary N) is 1. The second kappa shape index (κ2) is 7.93. The van der Waals surface area contributed by atoms with Gasteiger partial charge in [0, 0.05) is 0 Å². The molecule has 2 atom stereocenters. The SMILES string of the molecule is CCCNC(CC(C)CC)c1cnnn1-c1ccccc1. The molecule has 21 heavy (non-hydrogen) atoms. The van der Waals surface area contributed by atoms with Crippen molar-refractivity contribution in [1.82, 2.24) is 20.3 Å². The molecule has 0 aliphatic rings. The lowest BCUT2D eigenvalue weighted by molar-refractivity contribution is 0.391. The van der Waals surface area contributed by atoms with Gasteiger partial charge in [0.05, 0.1) is 23.6 Å². The van der Waals surface area contributed by atoms with Crippen molar-refractivity contribution in [1.29, 1.82) is 0 Å². The van der Waals surface area contributed by atoms with E-state index in [0.717, 1.165) is 30.8 Å². The first kappa shape index (κ1) is 15.7. The van der Waals surface area contributed by atoms with E-state index in [0.29, 0.717) is 12.0 Å². The molecule has 0 amide bonds. The lowest BCUT2D eigenvalue weighted by Crippen LogP contribution is -2.26. The maximum Gasteiger partial charge on any atom is 0.0815 e. The van der Waals surface area contributed by atoms with Gasteiger partial charge in [-0.25, -0.2) is 4.68 Å². The molecule has 0 spiro atoms. The summed E-state index contributed by atoms with van der Waals surface area (Å²) in [5.74, 6) is 0.679. The highest BCUT2D eigenvalue weighted by atomic mass is 15.4. The van der Waals surface area contributed by atoms with Crippen LogP contribution in [0.5, 0.6) is 0 Å². The fourth-order valence-corrected chi connectivity index (χ4v) is 2.45. The zero-order chi connectivity index (χ0) is 15.1. The number of benzene rings is 1. The average molecular weight is 286 g/mol. The zero-order valence-corrected chi connectivity index (χ0v) is 13.3. The number of aromatic nitrogens is 3. The molecule has 0 aliphatic heterocycles. The normalized spacial score (nSPS) is 14.0. The van der Waals surface area contributed by atoms with Crippen molar-refractivity contribution in [2.45, 2.75) is 46.1 Å². The molecule has 4 heteroatoms. The molecule has 4 nitrogen and oxygen atoms in total. The lowest BCUT2D eigenvalue weighted by Gasteiger charge is -2.22. The monoisotopic (exact) mass is 286 g/mol. The van der Waals surface area contributed by atoms with Crippen LogP contribution in [0.4, 0.5) is 0 Å². The van der Waals surface area contributed by atoms with E-state index in [2.05, 4.69) is 48.5 Å². The summed E-state index contributed by atoms with van der Waals surface area (Å²) >= 11 is 0. The predicted octanol–water partition coefficient (Wildman–Crippen LogP) is 3.74. The molecule has 0 bridgehead atoms. The van der Waals surface area contributed by atoms with Crippen molar-refractivity contribution in [2.24, 2.45) is 5.92 Å². The van der Waals surface area contributed by atoms with Crippen molar-refractivity contribution >= 4 is 0 Å². The van der Waals surface area contributed by atoms with Crippen molar-refractivity contribution in [2.75, 3.05) is 6.54 Å². The highest BCUT2D eigenvalue weighted by Gasteiger charge is 2.19. The molecule has 0 radical (unpaired) electrons. The molecule has 1 N–H and O–H groups in total. The Morgan fingerprint density at radius 1 is 1.19 bits per heavy atom. The van der Waals surface area contributed by atoms with E-state index >= 15 is 0 Å². The minimum absolute atomic E-state index is 0.301. The highest BCUT2D eigenvalue weighted by molar-refractivity contribution is 5.32. The van der Waals surface area contributed by atoms with E-state index in [-0.39, 0.29) is 0 Å². The van der Waals surface area contributed by atoms with Crippen molar-refractivity contribution in [3.63, 3.8) is 0 Å². The second-order valence-corrected chi connectivity index (χ2v) is 5.66. The number of rotatable bonds is 8. The minimum atomic E-state index is 0.301. The Bertz CT molecular complexity index is 521. The molecular weight excluding hydrogens is 260 g/mol. The third-order valence-electron chi connectivity index (χ3n) is 3.91. The predicted molar refractivity (Wildman–Crippen MR) is 86.5 cm³/mol. The minimum Gasteiger partial charge on any atom is -0.309 e. The molecular formula is C17H26N4. The number of hydrogen-bond acceptors (Lipinski definition) is 3. The molecule has 0 saturated heterocycles. The van der Waals surface area contributed by atoms with E-state index in [1.165, 1.54) is 6.42 Å². The third kappa shape index (κ3) is 4.14. The molecule has 2 aromatic rings. The van der Waals surface area contributed by atoms with Crippen LogP contribution in [0.2, 0.25) is 0 Å². The molecule has 2 unspecified atom stereocenters. The Morgan fingerprint density at radius 2 is 1.95 bits per heavy atom. The van der Waals surface area contributed by atoms with Gasteiger partial charge in [-0.15, -0.1) is 5.10 Å². The van der Waals surface area contributed by atoms with Gasteiger partial charge in [-0.3, -0.25) is 0 Å². The Balaban J connectivity index is 2.25. The first-order valence-corrected chi connectivity index (χ1v) is 7.95. The van der Waals surface area contributed by atoms with Crippen molar-refractivity contribution < 1.29 is 0 Å². The van der Waals surface area contributed by atoms with Crippen LogP contribution >= 0.6 is 0 Å². The number of hydrogen-bond donors (Lipinski definition) is 1. The largest absolute Gasteiger partial charge is 0.309 e. The molecule has 0 fully saturated rings. The summed E-state index contributed by atoms with van der Waals surface area (Å²) in [6, 6.07) is 10.5. The van der Waals surface area contributed by atoms with Gasteiger partial charge in [0.2, 0.25) is 0 Å². The number of nitrogens with zero attached hydrogens (tertiary/aromatic N) is 3. The molecule has 1 heterocycles. The van der Waals surface area contributed by atoms with Crippen molar-refractivity contribution in [3.8, 4) is 5.69 Å². The van der Waals surface area contributed by atoms with E-state index < -0.39 is 0 Å². The number of para-hydroxylation sites is 1. The van der Waals surface area contributed by atoms with Crippen LogP contribution in [0.25, 0.3) is 5.69 Å². The quantitative estimate of drug-likeness (QED) is 0.803. The summed E-state index contributed by atoms with van der Waals surface area (Å²) in [5.41, 5.74) is 2.22. The van der Waals surface area contributed by atoms with E-state index in [9.17, 15) is 0 Å². The zero-order valence-electron chi connectivity index (χ0n) is 13.3. The molecule has 1 aromatic carbocycles. The highest BCUT2D eigenvalue weighted by Crippen LogP contribution is 2.24. The van der Waals surface area contributed by atoms with Gasteiger partial charge in [0.15, 0.2) is 0 Å². The molecule has 114 valence electrons. The Hall–Kier alpha value is -1.68. The summed E-state index contributed by atoms with van der Waals surface area (Å²) in [6.07, 6.45) is 5.32.